The molecule has 1 aliphatic rings. The van der Waals surface area contributed by atoms with Crippen molar-refractivity contribution in [2.45, 2.75) is 18.6 Å². The lowest BCUT2D eigenvalue weighted by Crippen LogP contribution is -2.30. The predicted octanol–water partition coefficient (Wildman–Crippen LogP) is 4.64. The van der Waals surface area contributed by atoms with Crippen molar-refractivity contribution in [3.05, 3.63) is 114 Å². The second-order valence-electron chi connectivity index (χ2n) is 7.40. The molecule has 0 bridgehead atoms. The Balaban J connectivity index is 1.60. The average Bonchev–Trinajstić information content (AvgIpc) is 3.39. The molecule has 1 fully saturated rings. The van der Waals surface area contributed by atoms with E-state index in [1.165, 1.54) is 12.1 Å². The zero-order valence-electron chi connectivity index (χ0n) is 16.6. The van der Waals surface area contributed by atoms with Gasteiger partial charge in [-0.15, -0.1) is 0 Å². The Morgan fingerprint density at radius 3 is 2.58 bits per heavy atom. The van der Waals surface area contributed by atoms with E-state index in [4.69, 9.17) is 12.2 Å². The highest BCUT2D eigenvalue weighted by Crippen LogP contribution is 2.41. The lowest BCUT2D eigenvalue weighted by molar-refractivity contribution is 0.533. The third-order valence-electron chi connectivity index (χ3n) is 5.45. The summed E-state index contributed by atoms with van der Waals surface area (Å²) in [7, 11) is 0. The van der Waals surface area contributed by atoms with E-state index in [0.29, 0.717) is 11.7 Å². The molecule has 1 aromatic carbocycles. The number of halogens is 1. The fourth-order valence-electron chi connectivity index (χ4n) is 4.06. The molecule has 5 rings (SSSR count). The van der Waals surface area contributed by atoms with Crippen LogP contribution in [-0.4, -0.2) is 19.6 Å². The summed E-state index contributed by atoms with van der Waals surface area (Å²) >= 11 is 5.73. The molecule has 4 heterocycles. The standard InChI is InChI=1S/C24H20FN5S/c25-18-8-10-19(11-9-18)30-23(22(28-24(30)31)20-6-1-2-13-27-20)21-7-4-14-29(21)16-17-5-3-12-26-15-17/h1-15,22-23H,16H2,(H,28,31). The van der Waals surface area contributed by atoms with Crippen molar-refractivity contribution in [3.8, 4) is 0 Å². The van der Waals surface area contributed by atoms with Crippen LogP contribution in [0.4, 0.5) is 10.1 Å². The first-order chi connectivity index (χ1) is 15.2. The summed E-state index contributed by atoms with van der Waals surface area (Å²) in [6, 6.07) is 20.1. The minimum Gasteiger partial charge on any atom is -0.351 e. The smallest absolute Gasteiger partial charge is 0.174 e. The molecular formula is C24H20FN5S. The lowest BCUT2D eigenvalue weighted by Gasteiger charge is -2.29. The summed E-state index contributed by atoms with van der Waals surface area (Å²) in [5.41, 5.74) is 3.91. The summed E-state index contributed by atoms with van der Waals surface area (Å²) in [5, 5.41) is 4.02. The molecule has 4 aromatic rings. The van der Waals surface area contributed by atoms with Crippen LogP contribution in [0.15, 0.2) is 91.5 Å². The van der Waals surface area contributed by atoms with Crippen LogP contribution in [0.25, 0.3) is 0 Å². The van der Waals surface area contributed by atoms with E-state index in [1.54, 1.807) is 24.5 Å². The predicted molar refractivity (Wildman–Crippen MR) is 122 cm³/mol. The van der Waals surface area contributed by atoms with Crippen LogP contribution in [0.1, 0.15) is 29.0 Å². The largest absolute Gasteiger partial charge is 0.351 e. The Labute approximate surface area is 185 Å². The first kappa shape index (κ1) is 19.4. The van der Waals surface area contributed by atoms with Gasteiger partial charge in [0.05, 0.1) is 11.7 Å². The van der Waals surface area contributed by atoms with Crippen molar-refractivity contribution in [1.82, 2.24) is 19.9 Å². The molecule has 1 aliphatic heterocycles. The molecular weight excluding hydrogens is 409 g/mol. The first-order valence-corrected chi connectivity index (χ1v) is 10.4. The summed E-state index contributed by atoms with van der Waals surface area (Å²) in [6.45, 7) is 0.686. The van der Waals surface area contributed by atoms with Gasteiger partial charge in [0.15, 0.2) is 5.11 Å². The van der Waals surface area contributed by atoms with E-state index < -0.39 is 0 Å². The van der Waals surface area contributed by atoms with Crippen molar-refractivity contribution in [2.75, 3.05) is 4.90 Å². The average molecular weight is 430 g/mol. The van der Waals surface area contributed by atoms with Crippen LogP contribution in [0.3, 0.4) is 0 Å². The van der Waals surface area contributed by atoms with Gasteiger partial charge < -0.3 is 14.8 Å². The second-order valence-corrected chi connectivity index (χ2v) is 7.78. The third kappa shape index (κ3) is 3.80. The molecule has 0 amide bonds. The second kappa shape index (κ2) is 8.28. The van der Waals surface area contributed by atoms with Gasteiger partial charge in [0, 0.05) is 42.7 Å². The SMILES string of the molecule is Fc1ccc(N2C(=S)NC(c3ccccn3)C2c2cccn2Cc2cccnc2)cc1. The lowest BCUT2D eigenvalue weighted by atomic mass is 10.0. The van der Waals surface area contributed by atoms with Crippen molar-refractivity contribution in [3.63, 3.8) is 0 Å². The van der Waals surface area contributed by atoms with Gasteiger partial charge in [0.1, 0.15) is 11.9 Å². The van der Waals surface area contributed by atoms with E-state index in [-0.39, 0.29) is 17.9 Å². The van der Waals surface area contributed by atoms with Crippen LogP contribution in [0, 0.1) is 5.82 Å². The van der Waals surface area contributed by atoms with Crippen molar-refractivity contribution < 1.29 is 4.39 Å². The molecule has 0 radical (unpaired) electrons. The van der Waals surface area contributed by atoms with E-state index >= 15 is 0 Å². The van der Waals surface area contributed by atoms with Gasteiger partial charge in [-0.3, -0.25) is 9.97 Å². The van der Waals surface area contributed by atoms with Gasteiger partial charge in [-0.05, 0) is 72.4 Å². The number of nitrogens with zero attached hydrogens (tertiary/aromatic N) is 4. The number of rotatable bonds is 5. The maximum absolute atomic E-state index is 13.6. The number of anilines is 1. The number of aromatic nitrogens is 3. The van der Waals surface area contributed by atoms with Crippen LogP contribution < -0.4 is 10.2 Å². The zero-order chi connectivity index (χ0) is 21.2. The Kier molecular flexibility index (Phi) is 5.18. The molecule has 2 atom stereocenters. The van der Waals surface area contributed by atoms with E-state index in [2.05, 4.69) is 38.2 Å². The Morgan fingerprint density at radius 2 is 1.84 bits per heavy atom. The molecule has 1 saturated heterocycles. The Hall–Kier alpha value is -3.58. The van der Waals surface area contributed by atoms with Gasteiger partial charge in [0.2, 0.25) is 0 Å². The number of nitrogens with one attached hydrogen (secondary N) is 1. The van der Waals surface area contributed by atoms with Gasteiger partial charge in [-0.1, -0.05) is 12.1 Å². The van der Waals surface area contributed by atoms with E-state index in [1.807, 2.05) is 41.4 Å². The van der Waals surface area contributed by atoms with Gasteiger partial charge in [-0.2, -0.15) is 0 Å². The van der Waals surface area contributed by atoms with Crippen molar-refractivity contribution >= 4 is 23.0 Å². The fourth-order valence-corrected chi connectivity index (χ4v) is 4.41. The van der Waals surface area contributed by atoms with Crippen LogP contribution in [0.5, 0.6) is 0 Å². The summed E-state index contributed by atoms with van der Waals surface area (Å²) in [4.78, 5) is 10.9. The van der Waals surface area contributed by atoms with Crippen LogP contribution in [0.2, 0.25) is 0 Å². The molecule has 1 N–H and O–H groups in total. The van der Waals surface area contributed by atoms with Crippen LogP contribution >= 0.6 is 12.2 Å². The quantitative estimate of drug-likeness (QED) is 0.468. The van der Waals surface area contributed by atoms with Gasteiger partial charge >= 0.3 is 0 Å². The monoisotopic (exact) mass is 429 g/mol. The van der Waals surface area contributed by atoms with Gasteiger partial charge in [-0.25, -0.2) is 4.39 Å². The maximum Gasteiger partial charge on any atom is 0.174 e. The highest BCUT2D eigenvalue weighted by atomic mass is 32.1. The van der Waals surface area contributed by atoms with E-state index in [9.17, 15) is 4.39 Å². The normalized spacial score (nSPS) is 18.2. The Morgan fingerprint density at radius 1 is 0.968 bits per heavy atom. The summed E-state index contributed by atoms with van der Waals surface area (Å²) in [6.07, 6.45) is 7.48. The van der Waals surface area contributed by atoms with Crippen molar-refractivity contribution in [2.24, 2.45) is 0 Å². The maximum atomic E-state index is 13.6. The molecule has 31 heavy (non-hydrogen) atoms. The topological polar surface area (TPSA) is 46.0 Å². The highest BCUT2D eigenvalue weighted by molar-refractivity contribution is 7.80. The minimum absolute atomic E-state index is 0.152. The fraction of sp³-hybridized carbons (Fsp3) is 0.125. The number of thiocarbonyl (C=S) groups is 1. The molecule has 0 saturated carbocycles. The molecule has 7 heteroatoms. The summed E-state index contributed by atoms with van der Waals surface area (Å²) in [5.74, 6) is -0.278. The molecule has 0 spiro atoms. The summed E-state index contributed by atoms with van der Waals surface area (Å²) < 4.78 is 15.8. The molecule has 154 valence electrons. The minimum atomic E-state index is -0.278. The Bertz CT molecular complexity index is 1180. The number of hydrogen-bond donors (Lipinski definition) is 1. The highest BCUT2D eigenvalue weighted by Gasteiger charge is 2.42. The molecule has 3 aromatic heterocycles. The molecule has 5 nitrogen and oxygen atoms in total. The number of pyridine rings is 2. The van der Waals surface area contributed by atoms with Crippen molar-refractivity contribution in [1.29, 1.82) is 0 Å². The van der Waals surface area contributed by atoms with Gasteiger partial charge in [0.25, 0.3) is 0 Å². The zero-order valence-corrected chi connectivity index (χ0v) is 17.4. The molecule has 0 aliphatic carbocycles. The van der Waals surface area contributed by atoms with E-state index in [0.717, 1.165) is 22.6 Å². The first-order valence-electron chi connectivity index (χ1n) is 10.0. The molecule has 2 unspecified atom stereocenters. The number of hydrogen-bond acceptors (Lipinski definition) is 3. The van der Waals surface area contributed by atoms with Crippen LogP contribution in [-0.2, 0) is 6.54 Å². The number of benzene rings is 1. The third-order valence-corrected chi connectivity index (χ3v) is 5.76.